The average Bonchev–Trinajstić information content (AvgIpc) is 1.98. The van der Waals surface area contributed by atoms with Crippen LogP contribution in [0.25, 0.3) is 0 Å². The zero-order valence-corrected chi connectivity index (χ0v) is 8.61. The van der Waals surface area contributed by atoms with E-state index >= 15 is 0 Å². The molecule has 1 N–H and O–H groups in total. The number of rotatable bonds is 1. The van der Waals surface area contributed by atoms with Crippen molar-refractivity contribution < 1.29 is 9.50 Å². The lowest BCUT2D eigenvalue weighted by atomic mass is 9.96. The van der Waals surface area contributed by atoms with Gasteiger partial charge in [0.1, 0.15) is 5.82 Å². The molecule has 0 atom stereocenters. The SMILES string of the molecule is Cc1c(F)ccc(C(C)(C)O)c1Cl. The molecule has 1 rings (SSSR count). The van der Waals surface area contributed by atoms with E-state index in [1.807, 2.05) is 0 Å². The molecule has 0 aliphatic rings. The summed E-state index contributed by atoms with van der Waals surface area (Å²) < 4.78 is 13.0. The molecule has 0 saturated carbocycles. The lowest BCUT2D eigenvalue weighted by molar-refractivity contribution is 0.0786. The average molecular weight is 203 g/mol. The Morgan fingerprint density at radius 2 is 1.92 bits per heavy atom. The van der Waals surface area contributed by atoms with Crippen molar-refractivity contribution in [3.05, 3.63) is 34.1 Å². The molecule has 0 unspecified atom stereocenters. The number of aliphatic hydroxyl groups is 1. The van der Waals surface area contributed by atoms with E-state index in [9.17, 15) is 9.50 Å². The van der Waals surface area contributed by atoms with Crippen LogP contribution in [-0.4, -0.2) is 5.11 Å². The molecule has 0 aliphatic carbocycles. The maximum atomic E-state index is 13.0. The van der Waals surface area contributed by atoms with Crippen molar-refractivity contribution in [3.63, 3.8) is 0 Å². The van der Waals surface area contributed by atoms with E-state index in [0.29, 0.717) is 16.1 Å². The van der Waals surface area contributed by atoms with Gasteiger partial charge in [-0.05, 0) is 26.8 Å². The summed E-state index contributed by atoms with van der Waals surface area (Å²) in [6.07, 6.45) is 0. The summed E-state index contributed by atoms with van der Waals surface area (Å²) in [5.41, 5.74) is -0.107. The molecule has 0 saturated heterocycles. The Hall–Kier alpha value is -0.600. The van der Waals surface area contributed by atoms with E-state index < -0.39 is 5.60 Å². The molecule has 0 fully saturated rings. The molecular weight excluding hydrogens is 191 g/mol. The zero-order valence-electron chi connectivity index (χ0n) is 7.86. The van der Waals surface area contributed by atoms with Gasteiger partial charge in [-0.25, -0.2) is 4.39 Å². The lowest BCUT2D eigenvalue weighted by Gasteiger charge is -2.20. The first-order chi connectivity index (χ1) is 5.84. The van der Waals surface area contributed by atoms with Crippen LogP contribution in [0.4, 0.5) is 4.39 Å². The highest BCUT2D eigenvalue weighted by atomic mass is 35.5. The second-order valence-corrected chi connectivity index (χ2v) is 3.97. The summed E-state index contributed by atoms with van der Waals surface area (Å²) in [4.78, 5) is 0. The molecule has 0 aliphatic heterocycles. The van der Waals surface area contributed by atoms with Gasteiger partial charge in [-0.2, -0.15) is 0 Å². The van der Waals surface area contributed by atoms with Crippen LogP contribution in [0.15, 0.2) is 12.1 Å². The van der Waals surface area contributed by atoms with Crippen LogP contribution in [0.2, 0.25) is 5.02 Å². The van der Waals surface area contributed by atoms with Crippen molar-refractivity contribution in [1.82, 2.24) is 0 Å². The second kappa shape index (κ2) is 3.28. The molecule has 0 radical (unpaired) electrons. The van der Waals surface area contributed by atoms with Gasteiger partial charge >= 0.3 is 0 Å². The monoisotopic (exact) mass is 202 g/mol. The molecular formula is C10H12ClFO. The van der Waals surface area contributed by atoms with E-state index in [1.165, 1.54) is 12.1 Å². The maximum absolute atomic E-state index is 13.0. The van der Waals surface area contributed by atoms with Crippen molar-refractivity contribution in [3.8, 4) is 0 Å². The van der Waals surface area contributed by atoms with Crippen LogP contribution in [0, 0.1) is 12.7 Å². The molecule has 0 amide bonds. The highest BCUT2D eigenvalue weighted by molar-refractivity contribution is 6.32. The largest absolute Gasteiger partial charge is 0.386 e. The minimum atomic E-state index is -1.03. The lowest BCUT2D eigenvalue weighted by Crippen LogP contribution is -2.16. The molecule has 72 valence electrons. The van der Waals surface area contributed by atoms with Crippen molar-refractivity contribution in [2.75, 3.05) is 0 Å². The van der Waals surface area contributed by atoms with Crippen LogP contribution in [0.5, 0.6) is 0 Å². The molecule has 0 aromatic heterocycles. The van der Waals surface area contributed by atoms with Gasteiger partial charge < -0.3 is 5.11 Å². The van der Waals surface area contributed by atoms with Crippen LogP contribution in [0.3, 0.4) is 0 Å². The fourth-order valence-corrected chi connectivity index (χ4v) is 1.52. The summed E-state index contributed by atoms with van der Waals surface area (Å²) in [6.45, 7) is 4.82. The predicted molar refractivity (Wildman–Crippen MR) is 51.4 cm³/mol. The quantitative estimate of drug-likeness (QED) is 0.742. The second-order valence-electron chi connectivity index (χ2n) is 3.59. The van der Waals surface area contributed by atoms with Crippen LogP contribution < -0.4 is 0 Å². The number of benzene rings is 1. The van der Waals surface area contributed by atoms with Crippen molar-refractivity contribution in [1.29, 1.82) is 0 Å². The third-order valence-corrected chi connectivity index (χ3v) is 2.47. The van der Waals surface area contributed by atoms with Crippen molar-refractivity contribution in [2.24, 2.45) is 0 Å². The van der Waals surface area contributed by atoms with Gasteiger partial charge in [0.25, 0.3) is 0 Å². The highest BCUT2D eigenvalue weighted by Gasteiger charge is 2.21. The molecule has 13 heavy (non-hydrogen) atoms. The highest BCUT2D eigenvalue weighted by Crippen LogP contribution is 2.31. The molecule has 1 nitrogen and oxygen atoms in total. The summed E-state index contributed by atoms with van der Waals surface area (Å²) in [6, 6.07) is 2.82. The minimum absolute atomic E-state index is 0.299. The number of halogens is 2. The fourth-order valence-electron chi connectivity index (χ4n) is 1.13. The standard InChI is InChI=1S/C10H12ClFO/c1-6-8(12)5-4-7(9(6)11)10(2,3)13/h4-5,13H,1-3H3. The van der Waals surface area contributed by atoms with E-state index in [0.717, 1.165) is 0 Å². The van der Waals surface area contributed by atoms with E-state index in [4.69, 9.17) is 11.6 Å². The zero-order chi connectivity index (χ0) is 10.2. The molecule has 0 spiro atoms. The molecule has 1 aromatic carbocycles. The third-order valence-electron chi connectivity index (χ3n) is 1.98. The Morgan fingerprint density at radius 1 is 1.38 bits per heavy atom. The normalized spacial score (nSPS) is 11.8. The Morgan fingerprint density at radius 3 is 2.38 bits per heavy atom. The number of hydrogen-bond donors (Lipinski definition) is 1. The van der Waals surface area contributed by atoms with Crippen molar-refractivity contribution >= 4 is 11.6 Å². The van der Waals surface area contributed by atoms with E-state index in [2.05, 4.69) is 0 Å². The van der Waals surface area contributed by atoms with Gasteiger partial charge in [0.2, 0.25) is 0 Å². The van der Waals surface area contributed by atoms with Crippen LogP contribution in [-0.2, 0) is 5.60 Å². The van der Waals surface area contributed by atoms with Gasteiger partial charge in [-0.3, -0.25) is 0 Å². The van der Waals surface area contributed by atoms with Gasteiger partial charge in [0.15, 0.2) is 0 Å². The summed E-state index contributed by atoms with van der Waals surface area (Å²) in [5.74, 6) is -0.349. The van der Waals surface area contributed by atoms with Gasteiger partial charge in [-0.1, -0.05) is 17.7 Å². The topological polar surface area (TPSA) is 20.2 Å². The van der Waals surface area contributed by atoms with E-state index in [1.54, 1.807) is 20.8 Å². The third kappa shape index (κ3) is 2.01. The van der Waals surface area contributed by atoms with Gasteiger partial charge in [-0.15, -0.1) is 0 Å². The molecule has 3 heteroatoms. The first-order valence-corrected chi connectivity index (χ1v) is 4.39. The summed E-state index contributed by atoms with van der Waals surface area (Å²) in [5, 5.41) is 9.98. The molecule has 0 bridgehead atoms. The molecule has 1 aromatic rings. The van der Waals surface area contributed by atoms with Crippen LogP contribution in [0.1, 0.15) is 25.0 Å². The Balaban J connectivity index is 3.35. The Kier molecular flexibility index (Phi) is 2.64. The fraction of sp³-hybridized carbons (Fsp3) is 0.400. The first kappa shape index (κ1) is 10.5. The Bertz CT molecular complexity index is 328. The molecule has 0 heterocycles. The Labute approximate surface area is 82.2 Å². The summed E-state index contributed by atoms with van der Waals surface area (Å²) >= 11 is 5.88. The maximum Gasteiger partial charge on any atom is 0.127 e. The van der Waals surface area contributed by atoms with Crippen molar-refractivity contribution in [2.45, 2.75) is 26.4 Å². The predicted octanol–water partition coefficient (Wildman–Crippen LogP) is 3.01. The number of hydrogen-bond acceptors (Lipinski definition) is 1. The first-order valence-electron chi connectivity index (χ1n) is 4.01. The minimum Gasteiger partial charge on any atom is -0.386 e. The van der Waals surface area contributed by atoms with Gasteiger partial charge in [0, 0.05) is 11.1 Å². The van der Waals surface area contributed by atoms with E-state index in [-0.39, 0.29) is 5.82 Å². The van der Waals surface area contributed by atoms with Gasteiger partial charge in [0.05, 0.1) is 10.6 Å². The van der Waals surface area contributed by atoms with Crippen LogP contribution >= 0.6 is 11.6 Å². The summed E-state index contributed by atoms with van der Waals surface area (Å²) in [7, 11) is 0. The smallest absolute Gasteiger partial charge is 0.127 e.